The maximum absolute atomic E-state index is 13.1. The quantitative estimate of drug-likeness (QED) is 0.850. The van der Waals surface area contributed by atoms with Gasteiger partial charge in [0, 0.05) is 17.6 Å². The number of halogens is 2. The minimum absolute atomic E-state index is 0.221. The van der Waals surface area contributed by atoms with Gasteiger partial charge in [-0.1, -0.05) is 25.4 Å². The van der Waals surface area contributed by atoms with Crippen molar-refractivity contribution in [1.29, 1.82) is 0 Å². The molecule has 18 heavy (non-hydrogen) atoms. The molecule has 3 heteroatoms. The molecule has 1 aromatic carbocycles. The monoisotopic (exact) mass is 269 g/mol. The van der Waals surface area contributed by atoms with Crippen LogP contribution in [0.2, 0.25) is 5.02 Å². The molecule has 0 aromatic heterocycles. The fourth-order valence-electron chi connectivity index (χ4n) is 2.54. The third-order valence-corrected chi connectivity index (χ3v) is 4.30. The molecule has 1 N–H and O–H groups in total. The Hall–Kier alpha value is -0.600. The van der Waals surface area contributed by atoms with Crippen LogP contribution >= 0.6 is 11.6 Å². The Morgan fingerprint density at radius 1 is 1.33 bits per heavy atom. The standard InChI is InChI=1S/C15H21ClFN/c1-15(2)7-5-13(6-8-15)18-10-11-9-12(17)3-4-14(11)16/h3-4,9,13,18H,5-8,10H2,1-2H3. The topological polar surface area (TPSA) is 12.0 Å². The van der Waals surface area contributed by atoms with Gasteiger partial charge in [0.15, 0.2) is 0 Å². The molecular formula is C15H21ClFN. The lowest BCUT2D eigenvalue weighted by Crippen LogP contribution is -2.35. The third kappa shape index (κ3) is 3.69. The van der Waals surface area contributed by atoms with Crippen LogP contribution in [0.15, 0.2) is 18.2 Å². The minimum atomic E-state index is -0.221. The van der Waals surface area contributed by atoms with Crippen molar-refractivity contribution in [3.05, 3.63) is 34.6 Å². The van der Waals surface area contributed by atoms with Crippen molar-refractivity contribution in [3.63, 3.8) is 0 Å². The van der Waals surface area contributed by atoms with Gasteiger partial charge in [-0.15, -0.1) is 0 Å². The highest BCUT2D eigenvalue weighted by molar-refractivity contribution is 6.31. The summed E-state index contributed by atoms with van der Waals surface area (Å²) in [7, 11) is 0. The molecule has 0 atom stereocenters. The summed E-state index contributed by atoms with van der Waals surface area (Å²) >= 11 is 6.05. The molecule has 0 aliphatic heterocycles. The van der Waals surface area contributed by atoms with Gasteiger partial charge in [-0.05, 0) is 54.9 Å². The highest BCUT2D eigenvalue weighted by atomic mass is 35.5. The highest BCUT2D eigenvalue weighted by Crippen LogP contribution is 2.35. The molecule has 0 unspecified atom stereocenters. The molecule has 100 valence electrons. The molecule has 1 saturated carbocycles. The molecule has 1 aliphatic rings. The average molecular weight is 270 g/mol. The van der Waals surface area contributed by atoms with Crippen LogP contribution in [0.25, 0.3) is 0 Å². The fourth-order valence-corrected chi connectivity index (χ4v) is 2.72. The molecule has 0 bridgehead atoms. The van der Waals surface area contributed by atoms with Crippen molar-refractivity contribution in [1.82, 2.24) is 5.32 Å². The van der Waals surface area contributed by atoms with Crippen LogP contribution < -0.4 is 5.32 Å². The Bertz CT molecular complexity index is 407. The van der Waals surface area contributed by atoms with Crippen molar-refractivity contribution in [2.24, 2.45) is 5.41 Å². The van der Waals surface area contributed by atoms with E-state index in [-0.39, 0.29) is 5.82 Å². The van der Waals surface area contributed by atoms with E-state index < -0.39 is 0 Å². The Labute approximate surface area is 114 Å². The van der Waals surface area contributed by atoms with Gasteiger partial charge in [0.25, 0.3) is 0 Å². The lowest BCUT2D eigenvalue weighted by Gasteiger charge is -2.34. The Morgan fingerprint density at radius 3 is 2.67 bits per heavy atom. The van der Waals surface area contributed by atoms with E-state index in [0.717, 1.165) is 5.56 Å². The summed E-state index contributed by atoms with van der Waals surface area (Å²) in [5, 5.41) is 4.13. The first-order valence-electron chi connectivity index (χ1n) is 6.64. The van der Waals surface area contributed by atoms with Crippen molar-refractivity contribution in [2.75, 3.05) is 0 Å². The minimum Gasteiger partial charge on any atom is -0.310 e. The van der Waals surface area contributed by atoms with Crippen molar-refractivity contribution in [3.8, 4) is 0 Å². The first-order valence-corrected chi connectivity index (χ1v) is 7.01. The summed E-state index contributed by atoms with van der Waals surface area (Å²) in [5.41, 5.74) is 1.33. The molecule has 2 rings (SSSR count). The van der Waals surface area contributed by atoms with E-state index in [1.165, 1.54) is 37.8 Å². The first-order chi connectivity index (χ1) is 8.46. The second-order valence-corrected chi connectivity index (χ2v) is 6.46. The molecule has 0 radical (unpaired) electrons. The zero-order valence-corrected chi connectivity index (χ0v) is 11.9. The van der Waals surface area contributed by atoms with Crippen LogP contribution in [0, 0.1) is 11.2 Å². The van der Waals surface area contributed by atoms with Crippen LogP contribution in [0.1, 0.15) is 45.1 Å². The summed E-state index contributed by atoms with van der Waals surface area (Å²) in [4.78, 5) is 0. The molecule has 1 fully saturated rings. The van der Waals surface area contributed by atoms with Crippen LogP contribution in [-0.4, -0.2) is 6.04 Å². The summed E-state index contributed by atoms with van der Waals surface area (Å²) in [5.74, 6) is -0.221. The van der Waals surface area contributed by atoms with Gasteiger partial charge in [0.2, 0.25) is 0 Å². The Balaban J connectivity index is 1.87. The van der Waals surface area contributed by atoms with Gasteiger partial charge in [-0.3, -0.25) is 0 Å². The molecular weight excluding hydrogens is 249 g/mol. The maximum atomic E-state index is 13.1. The second-order valence-electron chi connectivity index (χ2n) is 6.06. The van der Waals surface area contributed by atoms with Crippen molar-refractivity contribution < 1.29 is 4.39 Å². The van der Waals surface area contributed by atoms with Gasteiger partial charge in [0.1, 0.15) is 5.82 Å². The van der Waals surface area contributed by atoms with E-state index in [9.17, 15) is 4.39 Å². The SMILES string of the molecule is CC1(C)CCC(NCc2cc(F)ccc2Cl)CC1. The lowest BCUT2D eigenvalue weighted by atomic mass is 9.75. The molecule has 0 amide bonds. The summed E-state index contributed by atoms with van der Waals surface area (Å²) in [6.45, 7) is 5.31. The van der Waals surface area contributed by atoms with Gasteiger partial charge in [-0.25, -0.2) is 4.39 Å². The van der Waals surface area contributed by atoms with Crippen LogP contribution in [0.4, 0.5) is 4.39 Å². The van der Waals surface area contributed by atoms with E-state index in [0.29, 0.717) is 23.0 Å². The van der Waals surface area contributed by atoms with Gasteiger partial charge in [0.05, 0.1) is 0 Å². The predicted octanol–water partition coefficient (Wildman–Crippen LogP) is 4.54. The highest BCUT2D eigenvalue weighted by Gasteiger charge is 2.26. The van der Waals surface area contributed by atoms with Gasteiger partial charge < -0.3 is 5.32 Å². The predicted molar refractivity (Wildman–Crippen MR) is 74.3 cm³/mol. The van der Waals surface area contributed by atoms with E-state index in [1.807, 2.05) is 0 Å². The van der Waals surface area contributed by atoms with Crippen LogP contribution in [0.5, 0.6) is 0 Å². The van der Waals surface area contributed by atoms with Crippen LogP contribution in [-0.2, 0) is 6.54 Å². The first kappa shape index (κ1) is 13.8. The zero-order chi connectivity index (χ0) is 13.2. The Morgan fingerprint density at radius 2 is 2.00 bits per heavy atom. The van der Waals surface area contributed by atoms with E-state index >= 15 is 0 Å². The summed E-state index contributed by atoms with van der Waals surface area (Å²) in [6.07, 6.45) is 4.89. The number of rotatable bonds is 3. The molecule has 0 heterocycles. The number of nitrogens with one attached hydrogen (secondary N) is 1. The van der Waals surface area contributed by atoms with Crippen molar-refractivity contribution >= 4 is 11.6 Å². The molecule has 1 nitrogen and oxygen atoms in total. The number of hydrogen-bond donors (Lipinski definition) is 1. The molecule has 0 saturated heterocycles. The van der Waals surface area contributed by atoms with Crippen molar-refractivity contribution in [2.45, 2.75) is 52.1 Å². The maximum Gasteiger partial charge on any atom is 0.123 e. The van der Waals surface area contributed by atoms with Crippen LogP contribution in [0.3, 0.4) is 0 Å². The third-order valence-electron chi connectivity index (χ3n) is 3.93. The van der Waals surface area contributed by atoms with Gasteiger partial charge >= 0.3 is 0 Å². The van der Waals surface area contributed by atoms with E-state index in [2.05, 4.69) is 19.2 Å². The van der Waals surface area contributed by atoms with E-state index in [4.69, 9.17) is 11.6 Å². The molecule has 1 aromatic rings. The summed E-state index contributed by atoms with van der Waals surface area (Å²) < 4.78 is 13.1. The largest absolute Gasteiger partial charge is 0.310 e. The lowest BCUT2D eigenvalue weighted by molar-refractivity contribution is 0.206. The fraction of sp³-hybridized carbons (Fsp3) is 0.600. The smallest absolute Gasteiger partial charge is 0.123 e. The number of benzene rings is 1. The van der Waals surface area contributed by atoms with Gasteiger partial charge in [-0.2, -0.15) is 0 Å². The average Bonchev–Trinajstić information content (AvgIpc) is 2.32. The van der Waals surface area contributed by atoms with E-state index in [1.54, 1.807) is 6.07 Å². The normalized spacial score (nSPS) is 20.0. The number of hydrogen-bond acceptors (Lipinski definition) is 1. The summed E-state index contributed by atoms with van der Waals surface area (Å²) in [6, 6.07) is 5.08. The Kier molecular flexibility index (Phi) is 4.29. The zero-order valence-electron chi connectivity index (χ0n) is 11.1. The molecule has 0 spiro atoms. The molecule has 1 aliphatic carbocycles. The second kappa shape index (κ2) is 5.58.